The van der Waals surface area contributed by atoms with Crippen LogP contribution in [0.4, 0.5) is 0 Å². The first-order chi connectivity index (χ1) is 19.6. The van der Waals surface area contributed by atoms with Gasteiger partial charge >= 0.3 is 0 Å². The number of aromatic nitrogens is 3. The Hall–Kier alpha value is -3.72. The molecule has 3 nitrogen and oxygen atoms in total. The Morgan fingerprint density at radius 3 is 2.00 bits per heavy atom. The molecule has 6 aromatic rings. The molecule has 0 fully saturated rings. The molecule has 3 heteroatoms. The smallest absolute Gasteiger partial charge is 0.0518 e. The minimum atomic E-state index is -0.0246. The van der Waals surface area contributed by atoms with Crippen LogP contribution in [0.25, 0.3) is 43.8 Å². The van der Waals surface area contributed by atoms with Crippen molar-refractivity contribution in [2.45, 2.75) is 78.1 Å². The van der Waals surface area contributed by atoms with E-state index in [0.717, 1.165) is 6.42 Å². The molecule has 0 radical (unpaired) electrons. The minimum Gasteiger partial charge on any atom is -0.351 e. The lowest BCUT2D eigenvalue weighted by atomic mass is 9.78. The average molecular weight is 558 g/mol. The zero-order valence-corrected chi connectivity index (χ0v) is 27.5. The first-order valence-electron chi connectivity index (χ1n) is 15.3. The van der Waals surface area contributed by atoms with Crippen molar-refractivity contribution in [2.24, 2.45) is 21.1 Å². The molecule has 0 amide bonds. The fourth-order valence-corrected chi connectivity index (χ4v) is 7.05. The van der Waals surface area contributed by atoms with E-state index >= 15 is 0 Å². The number of hydrogen-bond donors (Lipinski definition) is 0. The van der Waals surface area contributed by atoms with E-state index in [1.54, 1.807) is 0 Å². The summed E-state index contributed by atoms with van der Waals surface area (Å²) in [5.74, 6) is 0. The molecule has 0 unspecified atom stereocenters. The van der Waals surface area contributed by atoms with Gasteiger partial charge in [-0.1, -0.05) is 85.7 Å². The van der Waals surface area contributed by atoms with Gasteiger partial charge in [-0.2, -0.15) is 0 Å². The van der Waals surface area contributed by atoms with Crippen LogP contribution in [-0.4, -0.2) is 13.7 Å². The van der Waals surface area contributed by atoms with Crippen LogP contribution in [-0.2, 0) is 43.8 Å². The van der Waals surface area contributed by atoms with Crippen LogP contribution in [0, 0.1) is 0 Å². The molecule has 0 atom stereocenters. The molecule has 0 bridgehead atoms. The Morgan fingerprint density at radius 2 is 1.31 bits per heavy atom. The third-order valence-electron chi connectivity index (χ3n) is 9.42. The first kappa shape index (κ1) is 28.4. The van der Waals surface area contributed by atoms with Crippen LogP contribution in [0.5, 0.6) is 0 Å². The SMILES string of the molecule is Cn1ccc2cc(C(C)(C)C)c(-c3cn(C)c4cc(C(C)(C)Cc5cn(C)c6c(C(C)(C)C)cccc56)ccc34)cc21. The summed E-state index contributed by atoms with van der Waals surface area (Å²) in [4.78, 5) is 0. The van der Waals surface area contributed by atoms with E-state index in [1.165, 1.54) is 66.1 Å². The summed E-state index contributed by atoms with van der Waals surface area (Å²) in [5, 5.41) is 4.00. The molecule has 0 saturated heterocycles. The molecule has 3 aromatic heterocycles. The van der Waals surface area contributed by atoms with Crippen LogP contribution in [0.1, 0.15) is 77.6 Å². The Bertz CT molecular complexity index is 1970. The molecule has 42 heavy (non-hydrogen) atoms. The third kappa shape index (κ3) is 4.58. The minimum absolute atomic E-state index is 0.0246. The van der Waals surface area contributed by atoms with E-state index in [4.69, 9.17) is 0 Å². The van der Waals surface area contributed by atoms with E-state index in [1.807, 2.05) is 0 Å². The van der Waals surface area contributed by atoms with Gasteiger partial charge in [-0.05, 0) is 80.1 Å². The van der Waals surface area contributed by atoms with Gasteiger partial charge in [-0.15, -0.1) is 0 Å². The number of benzene rings is 3. The zero-order valence-electron chi connectivity index (χ0n) is 27.5. The van der Waals surface area contributed by atoms with E-state index in [9.17, 15) is 0 Å². The molecular formula is C39H47N3. The third-order valence-corrected chi connectivity index (χ3v) is 9.42. The summed E-state index contributed by atoms with van der Waals surface area (Å²) in [6, 6.07) is 21.0. The molecule has 218 valence electrons. The largest absolute Gasteiger partial charge is 0.351 e. The molecule has 0 N–H and O–H groups in total. The lowest BCUT2D eigenvalue weighted by Gasteiger charge is -2.26. The van der Waals surface area contributed by atoms with E-state index in [0.29, 0.717) is 0 Å². The predicted molar refractivity (Wildman–Crippen MR) is 182 cm³/mol. The maximum absolute atomic E-state index is 2.43. The van der Waals surface area contributed by atoms with Crippen molar-refractivity contribution in [2.75, 3.05) is 0 Å². The molecule has 3 aromatic carbocycles. The highest BCUT2D eigenvalue weighted by atomic mass is 14.9. The van der Waals surface area contributed by atoms with Gasteiger partial charge in [0.1, 0.15) is 0 Å². The van der Waals surface area contributed by atoms with Crippen molar-refractivity contribution < 1.29 is 0 Å². The van der Waals surface area contributed by atoms with E-state index < -0.39 is 0 Å². The second-order valence-corrected chi connectivity index (χ2v) is 15.3. The number of hydrogen-bond acceptors (Lipinski definition) is 0. The van der Waals surface area contributed by atoms with Crippen molar-refractivity contribution in [3.05, 3.63) is 95.4 Å². The molecule has 0 spiro atoms. The van der Waals surface area contributed by atoms with Crippen LogP contribution in [0.15, 0.2) is 73.2 Å². The summed E-state index contributed by atoms with van der Waals surface area (Å²) in [6.45, 7) is 18.7. The molecule has 0 saturated carbocycles. The molecule has 0 aliphatic rings. The monoisotopic (exact) mass is 557 g/mol. The molecule has 0 aliphatic carbocycles. The number of para-hydroxylation sites is 1. The van der Waals surface area contributed by atoms with Gasteiger partial charge in [0.05, 0.1) is 5.52 Å². The Balaban J connectivity index is 1.44. The molecule has 0 aliphatic heterocycles. The standard InChI is InChI=1S/C39H47N3/c1-37(2,3)32-14-12-13-28-26(23-42(11)36(28)32)22-39(7,8)27-15-16-29-31(24-41(10)35(29)20-27)30-21-34-25(17-18-40(34)9)19-33(30)38(4,5)6/h12-21,23-24H,22H2,1-11H3. The lowest BCUT2D eigenvalue weighted by Crippen LogP contribution is -2.20. The van der Waals surface area contributed by atoms with Crippen LogP contribution in [0.3, 0.4) is 0 Å². The van der Waals surface area contributed by atoms with Gasteiger partial charge in [-0.3, -0.25) is 0 Å². The van der Waals surface area contributed by atoms with Gasteiger partial charge in [0.15, 0.2) is 0 Å². The second-order valence-electron chi connectivity index (χ2n) is 15.3. The van der Waals surface area contributed by atoms with Crippen molar-refractivity contribution in [1.82, 2.24) is 13.7 Å². The van der Waals surface area contributed by atoms with Crippen molar-refractivity contribution in [3.8, 4) is 11.1 Å². The zero-order chi connectivity index (χ0) is 30.4. The lowest BCUT2D eigenvalue weighted by molar-refractivity contribution is 0.524. The Kier molecular flexibility index (Phi) is 6.35. The highest BCUT2D eigenvalue weighted by Gasteiger charge is 2.27. The van der Waals surface area contributed by atoms with Crippen molar-refractivity contribution in [3.63, 3.8) is 0 Å². The van der Waals surface area contributed by atoms with Gasteiger partial charge < -0.3 is 13.7 Å². The Morgan fingerprint density at radius 1 is 0.595 bits per heavy atom. The van der Waals surface area contributed by atoms with Crippen LogP contribution >= 0.6 is 0 Å². The summed E-state index contributed by atoms with van der Waals surface area (Å²) >= 11 is 0. The normalized spacial score (nSPS) is 13.2. The topological polar surface area (TPSA) is 14.8 Å². The van der Waals surface area contributed by atoms with E-state index in [-0.39, 0.29) is 16.2 Å². The summed E-state index contributed by atoms with van der Waals surface area (Å²) in [6.07, 6.45) is 7.84. The second kappa shape index (κ2) is 9.39. The quantitative estimate of drug-likeness (QED) is 0.205. The Labute approximate surface area is 251 Å². The van der Waals surface area contributed by atoms with Gasteiger partial charge in [0, 0.05) is 67.1 Å². The molecular weight excluding hydrogens is 510 g/mol. The summed E-state index contributed by atoms with van der Waals surface area (Å²) < 4.78 is 6.89. The fourth-order valence-electron chi connectivity index (χ4n) is 7.05. The van der Waals surface area contributed by atoms with Crippen LogP contribution < -0.4 is 0 Å². The fraction of sp³-hybridized carbons (Fsp3) is 0.385. The van der Waals surface area contributed by atoms with E-state index in [2.05, 4.69) is 163 Å². The highest BCUT2D eigenvalue weighted by molar-refractivity contribution is 6.00. The number of nitrogens with zero attached hydrogens (tertiary/aromatic N) is 3. The predicted octanol–water partition coefficient (Wildman–Crippen LogP) is 9.94. The maximum Gasteiger partial charge on any atom is 0.0518 e. The molecule has 3 heterocycles. The number of aryl methyl sites for hydroxylation is 3. The first-order valence-corrected chi connectivity index (χ1v) is 15.3. The molecule has 6 rings (SSSR count). The van der Waals surface area contributed by atoms with Gasteiger partial charge in [0.25, 0.3) is 0 Å². The van der Waals surface area contributed by atoms with Crippen LogP contribution in [0.2, 0.25) is 0 Å². The number of fused-ring (bicyclic) bond motifs is 3. The maximum atomic E-state index is 2.43. The van der Waals surface area contributed by atoms with Gasteiger partial charge in [-0.25, -0.2) is 0 Å². The van der Waals surface area contributed by atoms with Crippen molar-refractivity contribution in [1.29, 1.82) is 0 Å². The average Bonchev–Trinajstić information content (AvgIpc) is 3.54. The summed E-state index contributed by atoms with van der Waals surface area (Å²) in [5.41, 5.74) is 12.3. The summed E-state index contributed by atoms with van der Waals surface area (Å²) in [7, 11) is 6.53. The van der Waals surface area contributed by atoms with Gasteiger partial charge in [0.2, 0.25) is 0 Å². The van der Waals surface area contributed by atoms with Crippen molar-refractivity contribution >= 4 is 32.7 Å². The highest BCUT2D eigenvalue weighted by Crippen LogP contribution is 2.42. The number of rotatable bonds is 4.